The molecule has 1 aliphatic carbocycles. The second kappa shape index (κ2) is 5.88. The van der Waals surface area contributed by atoms with Crippen LogP contribution in [0.2, 0.25) is 0 Å². The first kappa shape index (κ1) is 14.5. The number of ether oxygens (including phenoxy) is 1. The summed E-state index contributed by atoms with van der Waals surface area (Å²) in [6.07, 6.45) is 5.27. The second-order valence-corrected chi connectivity index (χ2v) is 6.67. The Morgan fingerprint density at radius 2 is 1.65 bits per heavy atom. The van der Waals surface area contributed by atoms with E-state index in [1.54, 1.807) is 0 Å². The molecule has 0 aromatic rings. The molecule has 17 heavy (non-hydrogen) atoms. The van der Waals surface area contributed by atoms with E-state index in [0.717, 1.165) is 5.90 Å². The predicted octanol–water partition coefficient (Wildman–Crippen LogP) is 4.43. The molecular formula is C15H29NO. The lowest BCUT2D eigenvalue weighted by molar-refractivity contribution is 0.169. The molecule has 1 saturated carbocycles. The smallest absolute Gasteiger partial charge is 0.186 e. The summed E-state index contributed by atoms with van der Waals surface area (Å²) < 4.78 is 5.92. The molecule has 0 amide bonds. The monoisotopic (exact) mass is 239 g/mol. The molecule has 100 valence electrons. The molecule has 0 aliphatic heterocycles. The average molecular weight is 239 g/mol. The highest BCUT2D eigenvalue weighted by molar-refractivity contribution is 5.79. The van der Waals surface area contributed by atoms with Crippen molar-refractivity contribution < 1.29 is 4.74 Å². The predicted molar refractivity (Wildman–Crippen MR) is 74.5 cm³/mol. The maximum atomic E-state index is 5.92. The summed E-state index contributed by atoms with van der Waals surface area (Å²) in [5, 5.41) is 0. The first-order valence-electron chi connectivity index (χ1n) is 7.04. The van der Waals surface area contributed by atoms with E-state index in [1.165, 1.54) is 25.7 Å². The Morgan fingerprint density at radius 1 is 1.12 bits per heavy atom. The molecule has 0 atom stereocenters. The summed E-state index contributed by atoms with van der Waals surface area (Å²) in [5.41, 5.74) is 0.511. The molecule has 1 fully saturated rings. The summed E-state index contributed by atoms with van der Waals surface area (Å²) in [4.78, 5) is 4.68. The zero-order valence-electron chi connectivity index (χ0n) is 12.4. The fraction of sp³-hybridized carbons (Fsp3) is 0.933. The molecule has 0 N–H and O–H groups in total. The van der Waals surface area contributed by atoms with Crippen LogP contribution in [0.1, 0.15) is 67.2 Å². The molecule has 0 saturated heterocycles. The number of hydrogen-bond donors (Lipinski definition) is 0. The zero-order chi connectivity index (χ0) is 13.1. The highest BCUT2D eigenvalue weighted by Crippen LogP contribution is 2.38. The van der Waals surface area contributed by atoms with Gasteiger partial charge in [-0.3, -0.25) is 4.99 Å². The van der Waals surface area contributed by atoms with Crippen LogP contribution in [0.25, 0.3) is 0 Å². The van der Waals surface area contributed by atoms with Crippen LogP contribution in [0, 0.1) is 11.3 Å². The maximum absolute atomic E-state index is 5.92. The summed E-state index contributed by atoms with van der Waals surface area (Å²) in [5.74, 6) is 1.55. The minimum atomic E-state index is 0.238. The fourth-order valence-corrected chi connectivity index (χ4v) is 2.37. The van der Waals surface area contributed by atoms with E-state index in [0.29, 0.717) is 17.4 Å². The molecule has 2 nitrogen and oxygen atoms in total. The third-order valence-electron chi connectivity index (χ3n) is 3.43. The number of hydrogen-bond acceptors (Lipinski definition) is 2. The number of rotatable bonds is 3. The molecule has 0 heterocycles. The van der Waals surface area contributed by atoms with Crippen molar-refractivity contribution >= 4 is 5.90 Å². The molecular weight excluding hydrogens is 210 g/mol. The SMILES string of the molecule is CC(C)N=C(OC(C)C)C1CCC(C)(C)CC1. The van der Waals surface area contributed by atoms with E-state index in [-0.39, 0.29) is 6.10 Å². The van der Waals surface area contributed by atoms with Crippen molar-refractivity contribution in [3.8, 4) is 0 Å². The number of aliphatic imine (C=N–C) groups is 1. The van der Waals surface area contributed by atoms with Crippen LogP contribution in [0.15, 0.2) is 4.99 Å². The molecule has 0 aromatic carbocycles. The van der Waals surface area contributed by atoms with Gasteiger partial charge < -0.3 is 4.74 Å². The third kappa shape index (κ3) is 5.10. The molecule has 0 bridgehead atoms. The van der Waals surface area contributed by atoms with E-state index in [1.807, 2.05) is 0 Å². The Morgan fingerprint density at radius 3 is 2.06 bits per heavy atom. The van der Waals surface area contributed by atoms with Crippen LogP contribution < -0.4 is 0 Å². The molecule has 0 spiro atoms. The summed E-state index contributed by atoms with van der Waals surface area (Å²) in [6, 6.07) is 0.332. The van der Waals surface area contributed by atoms with Gasteiger partial charge in [0.15, 0.2) is 5.90 Å². The lowest BCUT2D eigenvalue weighted by atomic mass is 9.73. The summed E-state index contributed by atoms with van der Waals surface area (Å²) in [6.45, 7) is 13.1. The van der Waals surface area contributed by atoms with Crippen molar-refractivity contribution in [2.75, 3.05) is 0 Å². The highest BCUT2D eigenvalue weighted by atomic mass is 16.5. The van der Waals surface area contributed by atoms with Gasteiger partial charge in [-0.15, -0.1) is 0 Å². The van der Waals surface area contributed by atoms with Crippen molar-refractivity contribution in [3.63, 3.8) is 0 Å². The Hall–Kier alpha value is -0.530. The largest absolute Gasteiger partial charge is 0.478 e. The molecule has 0 unspecified atom stereocenters. The highest BCUT2D eigenvalue weighted by Gasteiger charge is 2.30. The molecule has 1 aliphatic rings. The standard InChI is InChI=1S/C15H29NO/c1-11(2)16-14(17-12(3)4)13-7-9-15(5,6)10-8-13/h11-13H,7-10H2,1-6H3. The van der Waals surface area contributed by atoms with Crippen molar-refractivity contribution in [1.29, 1.82) is 0 Å². The van der Waals surface area contributed by atoms with E-state index in [2.05, 4.69) is 46.5 Å². The lowest BCUT2D eigenvalue weighted by Crippen LogP contribution is -2.29. The average Bonchev–Trinajstić information content (AvgIpc) is 2.14. The van der Waals surface area contributed by atoms with Gasteiger partial charge >= 0.3 is 0 Å². The first-order chi connectivity index (χ1) is 7.80. The molecule has 2 heteroatoms. The third-order valence-corrected chi connectivity index (χ3v) is 3.43. The Balaban J connectivity index is 2.66. The fourth-order valence-electron chi connectivity index (χ4n) is 2.37. The van der Waals surface area contributed by atoms with Crippen molar-refractivity contribution in [1.82, 2.24) is 0 Å². The zero-order valence-corrected chi connectivity index (χ0v) is 12.4. The lowest BCUT2D eigenvalue weighted by Gasteiger charge is -2.35. The van der Waals surface area contributed by atoms with Gasteiger partial charge in [0.25, 0.3) is 0 Å². The molecule has 0 aromatic heterocycles. The van der Waals surface area contributed by atoms with Crippen LogP contribution in [0.4, 0.5) is 0 Å². The van der Waals surface area contributed by atoms with Crippen molar-refractivity contribution in [3.05, 3.63) is 0 Å². The van der Waals surface area contributed by atoms with Gasteiger partial charge in [-0.25, -0.2) is 0 Å². The van der Waals surface area contributed by atoms with E-state index < -0.39 is 0 Å². The number of nitrogens with zero attached hydrogens (tertiary/aromatic N) is 1. The van der Waals surface area contributed by atoms with Crippen LogP contribution in [-0.4, -0.2) is 18.0 Å². The van der Waals surface area contributed by atoms with E-state index in [9.17, 15) is 0 Å². The maximum Gasteiger partial charge on any atom is 0.186 e. The van der Waals surface area contributed by atoms with Gasteiger partial charge in [0, 0.05) is 12.0 Å². The quantitative estimate of drug-likeness (QED) is 0.527. The Labute approximate surface area is 107 Å². The van der Waals surface area contributed by atoms with Crippen LogP contribution >= 0.6 is 0 Å². The second-order valence-electron chi connectivity index (χ2n) is 6.67. The first-order valence-corrected chi connectivity index (χ1v) is 7.04. The summed E-state index contributed by atoms with van der Waals surface area (Å²) >= 11 is 0. The van der Waals surface area contributed by atoms with Gasteiger partial charge in [0.05, 0.1) is 6.10 Å². The van der Waals surface area contributed by atoms with E-state index in [4.69, 9.17) is 4.74 Å². The van der Waals surface area contributed by atoms with Crippen molar-refractivity contribution in [2.45, 2.75) is 79.4 Å². The van der Waals surface area contributed by atoms with Gasteiger partial charge in [0.2, 0.25) is 0 Å². The van der Waals surface area contributed by atoms with Crippen molar-refractivity contribution in [2.24, 2.45) is 16.3 Å². The van der Waals surface area contributed by atoms with Crippen LogP contribution in [-0.2, 0) is 4.74 Å². The van der Waals surface area contributed by atoms with E-state index >= 15 is 0 Å². The minimum Gasteiger partial charge on any atom is -0.478 e. The van der Waals surface area contributed by atoms with Gasteiger partial charge in [0.1, 0.15) is 0 Å². The van der Waals surface area contributed by atoms with Gasteiger partial charge in [-0.05, 0) is 58.8 Å². The normalized spacial score (nSPS) is 22.2. The molecule has 0 radical (unpaired) electrons. The van der Waals surface area contributed by atoms with Crippen LogP contribution in [0.5, 0.6) is 0 Å². The Kier molecular flexibility index (Phi) is 5.03. The topological polar surface area (TPSA) is 21.6 Å². The Bertz CT molecular complexity index is 256. The van der Waals surface area contributed by atoms with Gasteiger partial charge in [-0.2, -0.15) is 0 Å². The molecule has 1 rings (SSSR count). The van der Waals surface area contributed by atoms with Gasteiger partial charge in [-0.1, -0.05) is 13.8 Å². The minimum absolute atomic E-state index is 0.238. The van der Waals surface area contributed by atoms with Crippen LogP contribution in [0.3, 0.4) is 0 Å². The summed E-state index contributed by atoms with van der Waals surface area (Å²) in [7, 11) is 0.